The molecule has 0 aliphatic heterocycles. The van der Waals surface area contributed by atoms with Crippen molar-refractivity contribution in [2.75, 3.05) is 0 Å². The largest absolute Gasteiger partial charge is 0.307 e. The van der Waals surface area contributed by atoms with E-state index < -0.39 is 0 Å². The minimum atomic E-state index is 0.679. The number of hydrogen-bond donors (Lipinski definition) is 0. The molecule has 0 radical (unpaired) electrons. The lowest BCUT2D eigenvalue weighted by atomic mass is 9.91. The molecule has 11 aromatic carbocycles. The molecule has 0 spiro atoms. The summed E-state index contributed by atoms with van der Waals surface area (Å²) in [6, 6.07) is 90.9. The second-order valence-corrected chi connectivity index (χ2v) is 18.3. The van der Waals surface area contributed by atoms with Gasteiger partial charge in [-0.1, -0.05) is 212 Å². The van der Waals surface area contributed by atoms with Gasteiger partial charge in [-0.2, -0.15) is 0 Å². The second kappa shape index (κ2) is 16.6. The monoisotopic (exact) mass is 902 g/mol. The fourth-order valence-corrected chi connectivity index (χ4v) is 10.8. The minimum Gasteiger partial charge on any atom is -0.307 e. The molecule has 0 amide bonds. The van der Waals surface area contributed by atoms with E-state index in [0.717, 1.165) is 89.2 Å². The molecular weight excluding hydrogens is 861 g/mol. The van der Waals surface area contributed by atoms with Gasteiger partial charge in [0.05, 0.1) is 33.6 Å². The average molecular weight is 903 g/mol. The van der Waals surface area contributed by atoms with Gasteiger partial charge in [0.15, 0.2) is 5.82 Å². The van der Waals surface area contributed by atoms with Crippen LogP contribution in [0.3, 0.4) is 0 Å². The lowest BCUT2D eigenvalue weighted by Gasteiger charge is -2.13. The van der Waals surface area contributed by atoms with Crippen molar-refractivity contribution in [2.24, 2.45) is 0 Å². The third-order valence-corrected chi connectivity index (χ3v) is 14.2. The van der Waals surface area contributed by atoms with Crippen molar-refractivity contribution < 1.29 is 0 Å². The maximum atomic E-state index is 5.38. The van der Waals surface area contributed by atoms with Crippen LogP contribution in [-0.2, 0) is 0 Å². The standard InChI is InChI=1S/C67H42N4/c1-3-16-45(17-4-1)61-42-62(50-19-15-18-48(40-50)49-38-39-56-54-24-8-7-22-52(54)53-23-9-10-25-55(53)59(56)41-49)70-67(69-61)47-36-32-44(33-37-47)43-30-34-46(35-31-43)65-66-64(57-26-11-13-28-60(57)68-65)58-27-12-14-29-63(58)71(66)51-20-5-2-6-21-51/h1-42H. The molecule has 0 saturated carbocycles. The van der Waals surface area contributed by atoms with Crippen LogP contribution in [0.15, 0.2) is 255 Å². The number of nitrogens with zero attached hydrogens (tertiary/aromatic N) is 4. The maximum Gasteiger partial charge on any atom is 0.160 e. The summed E-state index contributed by atoms with van der Waals surface area (Å²) in [7, 11) is 0. The topological polar surface area (TPSA) is 43.6 Å². The van der Waals surface area contributed by atoms with Crippen molar-refractivity contribution in [1.29, 1.82) is 0 Å². The van der Waals surface area contributed by atoms with Gasteiger partial charge in [-0.3, -0.25) is 0 Å². The molecular formula is C67H42N4. The van der Waals surface area contributed by atoms with Crippen LogP contribution in [0, 0.1) is 0 Å². The van der Waals surface area contributed by atoms with E-state index in [0.29, 0.717) is 5.82 Å². The Bertz CT molecular complexity index is 4330. The molecule has 330 valence electrons. The van der Waals surface area contributed by atoms with Crippen molar-refractivity contribution in [2.45, 2.75) is 0 Å². The van der Waals surface area contributed by atoms with Crippen LogP contribution in [0.25, 0.3) is 138 Å². The number of pyridine rings is 1. The first-order valence-corrected chi connectivity index (χ1v) is 24.2. The molecule has 0 bridgehead atoms. The van der Waals surface area contributed by atoms with Gasteiger partial charge in [0.2, 0.25) is 0 Å². The highest BCUT2D eigenvalue weighted by atomic mass is 15.0. The second-order valence-electron chi connectivity index (χ2n) is 18.3. The van der Waals surface area contributed by atoms with Crippen molar-refractivity contribution >= 4 is 65.0 Å². The summed E-state index contributed by atoms with van der Waals surface area (Å²) < 4.78 is 2.37. The Morgan fingerprint density at radius 3 is 1.44 bits per heavy atom. The summed E-state index contributed by atoms with van der Waals surface area (Å²) in [6.07, 6.45) is 0. The van der Waals surface area contributed by atoms with Gasteiger partial charge in [-0.15, -0.1) is 0 Å². The first-order valence-electron chi connectivity index (χ1n) is 24.2. The molecule has 4 heteroatoms. The number of rotatable bonds is 7. The molecule has 14 aromatic rings. The molecule has 0 N–H and O–H groups in total. The third-order valence-electron chi connectivity index (χ3n) is 14.2. The highest BCUT2D eigenvalue weighted by molar-refractivity contribution is 6.26. The van der Waals surface area contributed by atoms with Crippen molar-refractivity contribution in [3.8, 4) is 73.1 Å². The summed E-state index contributed by atoms with van der Waals surface area (Å²) in [5, 5.41) is 11.2. The van der Waals surface area contributed by atoms with Gasteiger partial charge >= 0.3 is 0 Å². The van der Waals surface area contributed by atoms with Gasteiger partial charge in [0.1, 0.15) is 0 Å². The predicted molar refractivity (Wildman–Crippen MR) is 297 cm³/mol. The molecule has 0 fully saturated rings. The maximum absolute atomic E-state index is 5.38. The van der Waals surface area contributed by atoms with Crippen LogP contribution in [0.2, 0.25) is 0 Å². The van der Waals surface area contributed by atoms with Crippen LogP contribution in [-0.4, -0.2) is 19.5 Å². The number of hydrogen-bond acceptors (Lipinski definition) is 3. The molecule has 0 aliphatic rings. The van der Waals surface area contributed by atoms with Gasteiger partial charge in [-0.05, 0) is 97.0 Å². The van der Waals surface area contributed by atoms with Gasteiger partial charge in [-0.25, -0.2) is 15.0 Å². The molecule has 0 aliphatic carbocycles. The number of fused-ring (bicyclic) bond motifs is 11. The van der Waals surface area contributed by atoms with Crippen LogP contribution in [0.5, 0.6) is 0 Å². The van der Waals surface area contributed by atoms with Crippen LogP contribution < -0.4 is 0 Å². The van der Waals surface area contributed by atoms with Crippen LogP contribution in [0.4, 0.5) is 0 Å². The highest BCUT2D eigenvalue weighted by Gasteiger charge is 2.21. The highest BCUT2D eigenvalue weighted by Crippen LogP contribution is 2.42. The lowest BCUT2D eigenvalue weighted by molar-refractivity contribution is 1.17. The van der Waals surface area contributed by atoms with E-state index in [9.17, 15) is 0 Å². The summed E-state index contributed by atoms with van der Waals surface area (Å²) in [5.74, 6) is 0.679. The Balaban J connectivity index is 0.829. The summed E-state index contributed by atoms with van der Waals surface area (Å²) >= 11 is 0. The van der Waals surface area contributed by atoms with Gasteiger partial charge in [0, 0.05) is 44.1 Å². The SMILES string of the molecule is c1ccc(-c2cc(-c3cccc(-c4ccc5c6ccccc6c6ccccc6c5c4)c3)nc(-c3ccc(-c4ccc(-c5nc6ccccc6c6c7ccccc7n(-c7ccccc7)c56)cc4)cc3)n2)cc1. The average Bonchev–Trinajstić information content (AvgIpc) is 3.81. The Morgan fingerprint density at radius 1 is 0.268 bits per heavy atom. The molecule has 4 nitrogen and oxygen atoms in total. The smallest absolute Gasteiger partial charge is 0.160 e. The van der Waals surface area contributed by atoms with Crippen molar-refractivity contribution in [3.05, 3.63) is 255 Å². The molecule has 71 heavy (non-hydrogen) atoms. The Hall–Kier alpha value is -9.51. The lowest BCUT2D eigenvalue weighted by Crippen LogP contribution is -1.97. The van der Waals surface area contributed by atoms with E-state index in [1.807, 2.05) is 6.07 Å². The quantitative estimate of drug-likeness (QED) is 0.150. The summed E-state index contributed by atoms with van der Waals surface area (Å²) in [5.41, 5.74) is 15.7. The zero-order valence-electron chi connectivity index (χ0n) is 38.5. The molecule has 3 aromatic heterocycles. The normalized spacial score (nSPS) is 11.7. The van der Waals surface area contributed by atoms with E-state index in [1.165, 1.54) is 43.1 Å². The third kappa shape index (κ3) is 6.88. The number of benzene rings is 11. The Kier molecular flexibility index (Phi) is 9.49. The van der Waals surface area contributed by atoms with Gasteiger partial charge < -0.3 is 4.57 Å². The van der Waals surface area contributed by atoms with E-state index in [4.69, 9.17) is 15.0 Å². The van der Waals surface area contributed by atoms with E-state index in [2.05, 4.69) is 253 Å². The molecule has 0 unspecified atom stereocenters. The first kappa shape index (κ1) is 40.5. The van der Waals surface area contributed by atoms with Crippen molar-refractivity contribution in [3.63, 3.8) is 0 Å². The number of para-hydroxylation sites is 3. The fourth-order valence-electron chi connectivity index (χ4n) is 10.8. The zero-order chi connectivity index (χ0) is 46.8. The molecule has 0 saturated heterocycles. The summed E-state index contributed by atoms with van der Waals surface area (Å²) in [4.78, 5) is 15.8. The molecule has 3 heterocycles. The number of aromatic nitrogens is 4. The van der Waals surface area contributed by atoms with E-state index in [-0.39, 0.29) is 0 Å². The Labute approximate surface area is 410 Å². The van der Waals surface area contributed by atoms with Crippen LogP contribution in [0.1, 0.15) is 0 Å². The fraction of sp³-hybridized carbons (Fsp3) is 0. The van der Waals surface area contributed by atoms with E-state index in [1.54, 1.807) is 0 Å². The van der Waals surface area contributed by atoms with Gasteiger partial charge in [0.25, 0.3) is 0 Å². The predicted octanol–water partition coefficient (Wildman–Crippen LogP) is 17.6. The summed E-state index contributed by atoms with van der Waals surface area (Å²) in [6.45, 7) is 0. The minimum absolute atomic E-state index is 0.679. The molecule has 0 atom stereocenters. The first-order chi connectivity index (χ1) is 35.2. The Morgan fingerprint density at radius 2 is 0.746 bits per heavy atom. The zero-order valence-corrected chi connectivity index (χ0v) is 38.5. The van der Waals surface area contributed by atoms with Crippen LogP contribution >= 0.6 is 0 Å². The van der Waals surface area contributed by atoms with Crippen molar-refractivity contribution in [1.82, 2.24) is 19.5 Å². The molecule has 14 rings (SSSR count). The van der Waals surface area contributed by atoms with E-state index >= 15 is 0 Å².